The molecule has 1 heterocycles. The van der Waals surface area contributed by atoms with Gasteiger partial charge in [0.05, 0.1) is 24.8 Å². The van der Waals surface area contributed by atoms with E-state index in [9.17, 15) is 4.79 Å². The van der Waals surface area contributed by atoms with Crippen molar-refractivity contribution in [1.29, 1.82) is 0 Å². The molecule has 0 aliphatic heterocycles. The number of alkyl halides is 1. The van der Waals surface area contributed by atoms with Crippen LogP contribution in [0.1, 0.15) is 12.7 Å². The summed E-state index contributed by atoms with van der Waals surface area (Å²) in [5.74, 6) is 1.67. The Morgan fingerprint density at radius 2 is 2.25 bits per heavy atom. The van der Waals surface area contributed by atoms with Gasteiger partial charge in [-0.1, -0.05) is 0 Å². The number of hydrogen-bond donors (Lipinski definition) is 0. The number of carbonyl (C=O) groups is 1. The number of rotatable bonds is 6. The highest BCUT2D eigenvalue weighted by Crippen LogP contribution is 2.22. The van der Waals surface area contributed by atoms with Crippen molar-refractivity contribution in [2.24, 2.45) is 0 Å². The van der Waals surface area contributed by atoms with Gasteiger partial charge in [0.25, 0.3) is 0 Å². The average molecular weight is 297 g/mol. The van der Waals surface area contributed by atoms with Crippen molar-refractivity contribution in [1.82, 2.24) is 9.55 Å². The molecule has 0 saturated carbocycles. The Morgan fingerprint density at radius 3 is 2.90 bits per heavy atom. The zero-order valence-electron chi connectivity index (χ0n) is 11.6. The topological polar surface area (TPSA) is 53.4 Å². The summed E-state index contributed by atoms with van der Waals surface area (Å²) < 4.78 is 12.0. The molecule has 2 aromatic rings. The molecule has 0 aliphatic rings. The van der Waals surface area contributed by atoms with E-state index < -0.39 is 0 Å². The molecular formula is C14H17ClN2O3. The quantitative estimate of drug-likeness (QED) is 0.607. The molecule has 0 spiro atoms. The second-order valence-corrected chi connectivity index (χ2v) is 4.59. The monoisotopic (exact) mass is 296 g/mol. The minimum atomic E-state index is -0.279. The molecule has 1 aromatic heterocycles. The van der Waals surface area contributed by atoms with E-state index in [4.69, 9.17) is 21.1 Å². The Kier molecular flexibility index (Phi) is 4.84. The Hall–Kier alpha value is -1.75. The highest BCUT2D eigenvalue weighted by Gasteiger charge is 2.14. The highest BCUT2D eigenvalue weighted by atomic mass is 35.5. The van der Waals surface area contributed by atoms with E-state index in [1.165, 1.54) is 0 Å². The normalized spacial score (nSPS) is 10.8. The van der Waals surface area contributed by atoms with E-state index in [1.54, 1.807) is 14.0 Å². The second kappa shape index (κ2) is 6.61. The van der Waals surface area contributed by atoms with Crippen LogP contribution in [0.3, 0.4) is 0 Å². The first-order valence-corrected chi connectivity index (χ1v) is 6.97. The van der Waals surface area contributed by atoms with E-state index in [-0.39, 0.29) is 12.5 Å². The number of fused-ring (bicyclic) bond motifs is 1. The minimum absolute atomic E-state index is 0.142. The van der Waals surface area contributed by atoms with Gasteiger partial charge in [0, 0.05) is 18.4 Å². The maximum atomic E-state index is 11.7. The predicted molar refractivity (Wildman–Crippen MR) is 77.3 cm³/mol. The summed E-state index contributed by atoms with van der Waals surface area (Å²) in [5.41, 5.74) is 1.66. The van der Waals surface area contributed by atoms with Crippen molar-refractivity contribution < 1.29 is 14.3 Å². The molecule has 0 atom stereocenters. The van der Waals surface area contributed by atoms with E-state index in [2.05, 4.69) is 4.98 Å². The molecule has 0 amide bonds. The largest absolute Gasteiger partial charge is 0.497 e. The third kappa shape index (κ3) is 3.04. The second-order valence-electron chi connectivity index (χ2n) is 4.21. The molecule has 20 heavy (non-hydrogen) atoms. The van der Waals surface area contributed by atoms with Crippen LogP contribution < -0.4 is 4.74 Å². The fourth-order valence-electron chi connectivity index (χ4n) is 2.07. The lowest BCUT2D eigenvalue weighted by Gasteiger charge is -2.08. The molecule has 108 valence electrons. The summed E-state index contributed by atoms with van der Waals surface area (Å²) in [6, 6.07) is 5.57. The number of imidazole rings is 1. The molecule has 0 saturated heterocycles. The van der Waals surface area contributed by atoms with Crippen LogP contribution in [-0.2, 0) is 22.5 Å². The molecule has 2 rings (SSSR count). The summed E-state index contributed by atoms with van der Waals surface area (Å²) in [5, 5.41) is 0. The summed E-state index contributed by atoms with van der Waals surface area (Å²) >= 11 is 5.80. The van der Waals surface area contributed by atoms with Gasteiger partial charge in [-0.3, -0.25) is 4.79 Å². The fourth-order valence-corrected chi connectivity index (χ4v) is 2.24. The molecule has 5 nitrogen and oxygen atoms in total. The number of methoxy groups -OCH3 is 1. The van der Waals surface area contributed by atoms with Crippen LogP contribution >= 0.6 is 11.6 Å². The maximum Gasteiger partial charge on any atom is 0.326 e. The smallest absolute Gasteiger partial charge is 0.326 e. The molecule has 0 bridgehead atoms. The van der Waals surface area contributed by atoms with E-state index in [0.29, 0.717) is 18.9 Å². The number of ether oxygens (including phenoxy) is 2. The van der Waals surface area contributed by atoms with Crippen LogP contribution in [0.15, 0.2) is 18.2 Å². The lowest BCUT2D eigenvalue weighted by Crippen LogP contribution is -2.15. The number of benzene rings is 1. The van der Waals surface area contributed by atoms with E-state index in [0.717, 1.165) is 22.6 Å². The third-order valence-corrected chi connectivity index (χ3v) is 3.13. The van der Waals surface area contributed by atoms with Gasteiger partial charge in [-0.15, -0.1) is 11.6 Å². The van der Waals surface area contributed by atoms with Crippen molar-refractivity contribution in [3.8, 4) is 5.75 Å². The zero-order chi connectivity index (χ0) is 14.5. The number of aromatic nitrogens is 2. The lowest BCUT2D eigenvalue weighted by molar-refractivity contribution is -0.143. The molecule has 0 radical (unpaired) electrons. The summed E-state index contributed by atoms with van der Waals surface area (Å²) in [7, 11) is 1.61. The number of nitrogens with zero attached hydrogens (tertiary/aromatic N) is 2. The van der Waals surface area contributed by atoms with Crippen LogP contribution in [0.2, 0.25) is 0 Å². The predicted octanol–water partition coefficient (Wildman–Crippen LogP) is 2.39. The van der Waals surface area contributed by atoms with Crippen molar-refractivity contribution >= 4 is 28.6 Å². The standard InChI is InChI=1S/C14H17ClN2O3/c1-3-20-14(18)9-17-12-5-4-10(19-2)8-11(12)16-13(17)6-7-15/h4-5,8H,3,6-7,9H2,1-2H3. The van der Waals surface area contributed by atoms with Crippen LogP contribution in [0.4, 0.5) is 0 Å². The first-order chi connectivity index (χ1) is 9.69. The first kappa shape index (κ1) is 14.7. The van der Waals surface area contributed by atoms with Gasteiger partial charge in [0.2, 0.25) is 0 Å². The van der Waals surface area contributed by atoms with Gasteiger partial charge in [-0.05, 0) is 19.1 Å². The zero-order valence-corrected chi connectivity index (χ0v) is 12.3. The Morgan fingerprint density at radius 1 is 1.45 bits per heavy atom. The van der Waals surface area contributed by atoms with Crippen molar-refractivity contribution in [3.63, 3.8) is 0 Å². The molecule has 0 unspecified atom stereocenters. The molecule has 0 aliphatic carbocycles. The Bertz CT molecular complexity index is 610. The SMILES string of the molecule is CCOC(=O)Cn1c(CCCl)nc2cc(OC)ccc21. The number of carbonyl (C=O) groups excluding carboxylic acids is 1. The van der Waals surface area contributed by atoms with Crippen LogP contribution in [-0.4, -0.2) is 35.1 Å². The summed E-state index contributed by atoms with van der Waals surface area (Å²) in [4.78, 5) is 16.2. The number of esters is 1. The highest BCUT2D eigenvalue weighted by molar-refractivity contribution is 6.17. The van der Waals surface area contributed by atoms with Crippen molar-refractivity contribution in [3.05, 3.63) is 24.0 Å². The van der Waals surface area contributed by atoms with E-state index >= 15 is 0 Å². The fraction of sp³-hybridized carbons (Fsp3) is 0.429. The van der Waals surface area contributed by atoms with Gasteiger partial charge in [0.15, 0.2) is 0 Å². The lowest BCUT2D eigenvalue weighted by atomic mass is 10.3. The van der Waals surface area contributed by atoms with Crippen molar-refractivity contribution in [2.45, 2.75) is 19.9 Å². The molecule has 0 N–H and O–H groups in total. The van der Waals surface area contributed by atoms with Crippen LogP contribution in [0, 0.1) is 0 Å². The number of halogens is 1. The van der Waals surface area contributed by atoms with E-state index in [1.807, 2.05) is 22.8 Å². The average Bonchev–Trinajstić information content (AvgIpc) is 2.76. The van der Waals surface area contributed by atoms with Gasteiger partial charge < -0.3 is 14.0 Å². The van der Waals surface area contributed by atoms with Crippen LogP contribution in [0.25, 0.3) is 11.0 Å². The van der Waals surface area contributed by atoms with Gasteiger partial charge in [-0.2, -0.15) is 0 Å². The maximum absolute atomic E-state index is 11.7. The number of hydrogen-bond acceptors (Lipinski definition) is 4. The summed E-state index contributed by atoms with van der Waals surface area (Å²) in [6.07, 6.45) is 0.595. The molecule has 1 aromatic carbocycles. The third-order valence-electron chi connectivity index (χ3n) is 2.95. The number of aryl methyl sites for hydroxylation is 1. The Balaban J connectivity index is 2.42. The molecular weight excluding hydrogens is 280 g/mol. The summed E-state index contributed by atoms with van der Waals surface area (Å²) in [6.45, 7) is 2.29. The Labute approximate surface area is 122 Å². The van der Waals surface area contributed by atoms with Gasteiger partial charge in [0.1, 0.15) is 18.1 Å². The minimum Gasteiger partial charge on any atom is -0.497 e. The van der Waals surface area contributed by atoms with Gasteiger partial charge >= 0.3 is 5.97 Å². The first-order valence-electron chi connectivity index (χ1n) is 6.44. The van der Waals surface area contributed by atoms with Crippen molar-refractivity contribution in [2.75, 3.05) is 19.6 Å². The molecule has 0 fully saturated rings. The van der Waals surface area contributed by atoms with Crippen LogP contribution in [0.5, 0.6) is 5.75 Å². The van der Waals surface area contributed by atoms with Gasteiger partial charge in [-0.25, -0.2) is 4.98 Å². The molecule has 6 heteroatoms.